The lowest BCUT2D eigenvalue weighted by atomic mass is 10.1. The van der Waals surface area contributed by atoms with E-state index in [0.29, 0.717) is 0 Å². The zero-order chi connectivity index (χ0) is 11.8. The third kappa shape index (κ3) is 2.17. The first-order chi connectivity index (χ1) is 8.25. The van der Waals surface area contributed by atoms with Crippen LogP contribution in [0.5, 0.6) is 0 Å². The van der Waals surface area contributed by atoms with Gasteiger partial charge in [0.1, 0.15) is 6.04 Å². The summed E-state index contributed by atoms with van der Waals surface area (Å²) in [5.41, 5.74) is 1.15. The molecule has 0 saturated carbocycles. The minimum atomic E-state index is -0.0192. The molecule has 2 aliphatic rings. The summed E-state index contributed by atoms with van der Waals surface area (Å²) in [7, 11) is 0. The van der Waals surface area contributed by atoms with Crippen LogP contribution in [-0.4, -0.2) is 29.9 Å². The summed E-state index contributed by atoms with van der Waals surface area (Å²) in [5.74, 6) is 0.252. The molecule has 1 aromatic carbocycles. The first kappa shape index (κ1) is 11.1. The maximum Gasteiger partial charge on any atom is 0.241 e. The second-order valence-electron chi connectivity index (χ2n) is 4.71. The minimum Gasteiger partial charge on any atom is -0.341 e. The van der Waals surface area contributed by atoms with Gasteiger partial charge >= 0.3 is 0 Å². The molecule has 1 N–H and O–H groups in total. The molecule has 0 radical (unpaired) electrons. The summed E-state index contributed by atoms with van der Waals surface area (Å²) >= 11 is 5.84. The van der Waals surface area contributed by atoms with Crippen molar-refractivity contribution in [1.29, 1.82) is 0 Å². The molecule has 17 heavy (non-hydrogen) atoms. The molecule has 2 heterocycles. The van der Waals surface area contributed by atoms with Crippen molar-refractivity contribution in [2.75, 3.05) is 13.1 Å². The second kappa shape index (κ2) is 4.31. The van der Waals surface area contributed by atoms with Gasteiger partial charge in [-0.25, -0.2) is 0 Å². The molecule has 3 rings (SSSR count). The largest absolute Gasteiger partial charge is 0.341 e. The topological polar surface area (TPSA) is 42.3 Å². The summed E-state index contributed by atoms with van der Waals surface area (Å²) < 4.78 is 0. The van der Waals surface area contributed by atoms with E-state index in [-0.39, 0.29) is 18.0 Å². The molecule has 2 saturated heterocycles. The Morgan fingerprint density at radius 2 is 1.88 bits per heavy atom. The van der Waals surface area contributed by atoms with Gasteiger partial charge in [-0.15, -0.1) is 0 Å². The van der Waals surface area contributed by atoms with Gasteiger partial charge in [0.25, 0.3) is 0 Å². The van der Waals surface area contributed by atoms with Gasteiger partial charge in [0.2, 0.25) is 5.91 Å². The molecular formula is C13H15ClN2O. The number of amides is 1. The molecule has 4 heteroatoms. The molecule has 1 aromatic rings. The van der Waals surface area contributed by atoms with E-state index in [2.05, 4.69) is 5.32 Å². The van der Waals surface area contributed by atoms with Crippen molar-refractivity contribution in [2.24, 2.45) is 0 Å². The standard InChI is InChI=1S/C13H15ClN2O/c14-10-5-3-9(4-6-10)11-12(15-11)13(17)16-7-1-2-8-16/h3-6,11-12,15H,1-2,7-8H2/t11-,12+/m1/s1. The Hall–Kier alpha value is -1.06. The quantitative estimate of drug-likeness (QED) is 0.816. The lowest BCUT2D eigenvalue weighted by Gasteiger charge is -2.13. The molecule has 0 bridgehead atoms. The van der Waals surface area contributed by atoms with Crippen LogP contribution in [0.2, 0.25) is 5.02 Å². The van der Waals surface area contributed by atoms with Gasteiger partial charge in [-0.1, -0.05) is 23.7 Å². The zero-order valence-corrected chi connectivity index (χ0v) is 10.3. The first-order valence-corrected chi connectivity index (χ1v) is 6.44. The van der Waals surface area contributed by atoms with Gasteiger partial charge in [0.05, 0.1) is 6.04 Å². The van der Waals surface area contributed by atoms with Crippen LogP contribution in [0.3, 0.4) is 0 Å². The SMILES string of the molecule is O=C([C@H]1N[C@@H]1c1ccc(Cl)cc1)N1CCCC1. The number of nitrogens with zero attached hydrogens (tertiary/aromatic N) is 1. The molecule has 0 unspecified atom stereocenters. The predicted octanol–water partition coefficient (Wildman–Crippen LogP) is 1.98. The van der Waals surface area contributed by atoms with Crippen LogP contribution in [0.25, 0.3) is 0 Å². The Morgan fingerprint density at radius 3 is 2.53 bits per heavy atom. The van der Waals surface area contributed by atoms with Crippen molar-refractivity contribution in [3.05, 3.63) is 34.9 Å². The molecule has 2 atom stereocenters. The molecule has 3 nitrogen and oxygen atoms in total. The lowest BCUT2D eigenvalue weighted by molar-refractivity contribution is -0.129. The maximum absolute atomic E-state index is 12.1. The highest BCUT2D eigenvalue weighted by atomic mass is 35.5. The Kier molecular flexibility index (Phi) is 2.81. The summed E-state index contributed by atoms with van der Waals surface area (Å²) in [5, 5.41) is 3.98. The van der Waals surface area contributed by atoms with Crippen LogP contribution < -0.4 is 5.32 Å². The number of rotatable bonds is 2. The third-order valence-corrected chi connectivity index (χ3v) is 3.75. The van der Waals surface area contributed by atoms with Gasteiger partial charge in [-0.3, -0.25) is 10.1 Å². The van der Waals surface area contributed by atoms with Gasteiger partial charge in [0, 0.05) is 18.1 Å². The van der Waals surface area contributed by atoms with Gasteiger partial charge in [0.15, 0.2) is 0 Å². The summed E-state index contributed by atoms with van der Waals surface area (Å²) in [4.78, 5) is 14.1. The Labute approximate surface area is 106 Å². The molecule has 90 valence electrons. The van der Waals surface area contributed by atoms with Crippen LogP contribution >= 0.6 is 11.6 Å². The van der Waals surface area contributed by atoms with E-state index in [0.717, 1.165) is 36.5 Å². The average Bonchev–Trinajstić information content (AvgIpc) is 2.94. The fourth-order valence-electron chi connectivity index (χ4n) is 2.44. The van der Waals surface area contributed by atoms with Crippen molar-refractivity contribution >= 4 is 17.5 Å². The number of hydrogen-bond acceptors (Lipinski definition) is 2. The van der Waals surface area contributed by atoms with Crippen LogP contribution in [0.15, 0.2) is 24.3 Å². The molecule has 0 aliphatic carbocycles. The monoisotopic (exact) mass is 250 g/mol. The zero-order valence-electron chi connectivity index (χ0n) is 9.53. The summed E-state index contributed by atoms with van der Waals surface area (Å²) in [6, 6.07) is 7.87. The van der Waals surface area contributed by atoms with Crippen LogP contribution in [0.1, 0.15) is 24.4 Å². The van der Waals surface area contributed by atoms with Crippen molar-refractivity contribution < 1.29 is 4.79 Å². The number of hydrogen-bond donors (Lipinski definition) is 1. The maximum atomic E-state index is 12.1. The molecule has 0 spiro atoms. The van der Waals surface area contributed by atoms with E-state index in [1.807, 2.05) is 29.2 Å². The predicted molar refractivity (Wildman–Crippen MR) is 66.9 cm³/mol. The third-order valence-electron chi connectivity index (χ3n) is 3.50. The average molecular weight is 251 g/mol. The van der Waals surface area contributed by atoms with Crippen molar-refractivity contribution in [3.8, 4) is 0 Å². The number of likely N-dealkylation sites (tertiary alicyclic amines) is 1. The van der Waals surface area contributed by atoms with Crippen LogP contribution in [-0.2, 0) is 4.79 Å². The van der Waals surface area contributed by atoms with Crippen LogP contribution in [0, 0.1) is 0 Å². The smallest absolute Gasteiger partial charge is 0.241 e. The van der Waals surface area contributed by atoms with Crippen LogP contribution in [0.4, 0.5) is 0 Å². The van der Waals surface area contributed by atoms with Gasteiger partial charge in [-0.05, 0) is 30.5 Å². The number of benzene rings is 1. The molecule has 0 aromatic heterocycles. The molecule has 2 fully saturated rings. The fourth-order valence-corrected chi connectivity index (χ4v) is 2.57. The Morgan fingerprint density at radius 1 is 1.24 bits per heavy atom. The summed E-state index contributed by atoms with van der Waals surface area (Å²) in [6.07, 6.45) is 2.29. The second-order valence-corrected chi connectivity index (χ2v) is 5.14. The van der Waals surface area contributed by atoms with E-state index in [1.54, 1.807) is 0 Å². The first-order valence-electron chi connectivity index (χ1n) is 6.06. The fraction of sp³-hybridized carbons (Fsp3) is 0.462. The van der Waals surface area contributed by atoms with Gasteiger partial charge < -0.3 is 4.90 Å². The highest BCUT2D eigenvalue weighted by Gasteiger charge is 2.45. The number of carbonyl (C=O) groups is 1. The molecular weight excluding hydrogens is 236 g/mol. The number of halogens is 1. The highest BCUT2D eigenvalue weighted by molar-refractivity contribution is 6.30. The van der Waals surface area contributed by atoms with Crippen molar-refractivity contribution in [3.63, 3.8) is 0 Å². The normalized spacial score (nSPS) is 27.2. The number of carbonyl (C=O) groups excluding carboxylic acids is 1. The summed E-state index contributed by atoms with van der Waals surface area (Å²) in [6.45, 7) is 1.84. The van der Waals surface area contributed by atoms with E-state index in [1.165, 1.54) is 0 Å². The van der Waals surface area contributed by atoms with Crippen molar-refractivity contribution in [2.45, 2.75) is 24.9 Å². The van der Waals surface area contributed by atoms with Gasteiger partial charge in [-0.2, -0.15) is 0 Å². The van der Waals surface area contributed by atoms with E-state index < -0.39 is 0 Å². The van der Waals surface area contributed by atoms with Crippen molar-refractivity contribution in [1.82, 2.24) is 10.2 Å². The molecule has 2 aliphatic heterocycles. The Bertz CT molecular complexity index is 426. The van der Waals surface area contributed by atoms with E-state index in [9.17, 15) is 4.79 Å². The minimum absolute atomic E-state index is 0.0192. The Balaban J connectivity index is 1.65. The molecule has 1 amide bonds. The number of nitrogens with one attached hydrogen (secondary N) is 1. The highest BCUT2D eigenvalue weighted by Crippen LogP contribution is 2.32. The van der Waals surface area contributed by atoms with E-state index in [4.69, 9.17) is 11.6 Å². The lowest BCUT2D eigenvalue weighted by Crippen LogP contribution is -2.32. The van der Waals surface area contributed by atoms with E-state index >= 15 is 0 Å².